The van der Waals surface area contributed by atoms with Gasteiger partial charge in [0.25, 0.3) is 5.82 Å². The Morgan fingerprint density at radius 2 is 0.750 bits per heavy atom. The van der Waals surface area contributed by atoms with Crippen LogP contribution >= 0.6 is 0 Å². The van der Waals surface area contributed by atoms with Gasteiger partial charge in [0.15, 0.2) is 23.2 Å². The summed E-state index contributed by atoms with van der Waals surface area (Å²) in [5.41, 5.74) is 9.09. The van der Waals surface area contributed by atoms with Gasteiger partial charge in [-0.25, -0.2) is 15.0 Å². The van der Waals surface area contributed by atoms with Crippen LogP contribution in [0.2, 0.25) is 0 Å². The van der Waals surface area contributed by atoms with E-state index in [0.717, 1.165) is 44.6 Å². The maximum absolute atomic E-state index is 7.38. The predicted molar refractivity (Wildman–Crippen MR) is 229 cm³/mol. The van der Waals surface area contributed by atoms with Gasteiger partial charge in [-0.3, -0.25) is 0 Å². The summed E-state index contributed by atoms with van der Waals surface area (Å²) in [6.45, 7) is 7.38. The van der Waals surface area contributed by atoms with E-state index in [2.05, 4.69) is 119 Å². The van der Waals surface area contributed by atoms with Crippen LogP contribution in [0.15, 0.2) is 188 Å². The molecule has 2 heterocycles. The zero-order valence-corrected chi connectivity index (χ0v) is 30.1. The molecular formula is C51H31N5. The number of fused-ring (bicyclic) bond motifs is 5. The topological polar surface area (TPSA) is 55.9 Å². The molecule has 0 radical (unpaired) electrons. The minimum absolute atomic E-state index is 0.394. The lowest BCUT2D eigenvalue weighted by Crippen LogP contribution is -2.00. The fourth-order valence-corrected chi connectivity index (χ4v) is 7.66. The van der Waals surface area contributed by atoms with Crippen molar-refractivity contribution in [1.29, 1.82) is 0 Å². The van der Waals surface area contributed by atoms with Gasteiger partial charge in [0.2, 0.25) is 0 Å². The quantitative estimate of drug-likeness (QED) is 0.127. The van der Waals surface area contributed by atoms with E-state index in [4.69, 9.17) is 21.5 Å². The lowest BCUT2D eigenvalue weighted by Gasteiger charge is -2.16. The van der Waals surface area contributed by atoms with Crippen molar-refractivity contribution < 1.29 is 0 Å². The van der Waals surface area contributed by atoms with Gasteiger partial charge >= 0.3 is 0 Å². The number of benzene rings is 8. The highest BCUT2D eigenvalue weighted by Crippen LogP contribution is 2.42. The molecule has 10 rings (SSSR count). The lowest BCUT2D eigenvalue weighted by atomic mass is 9.87. The zero-order chi connectivity index (χ0) is 37.4. The average molecular weight is 714 g/mol. The largest absolute Gasteiger partial charge is 0.361 e. The number of aromatic nitrogens is 4. The molecule has 56 heavy (non-hydrogen) atoms. The Morgan fingerprint density at radius 3 is 1.32 bits per heavy atom. The van der Waals surface area contributed by atoms with E-state index in [1.807, 2.05) is 72.8 Å². The predicted octanol–water partition coefficient (Wildman–Crippen LogP) is 13.3. The van der Waals surface area contributed by atoms with Crippen LogP contribution < -0.4 is 0 Å². The minimum Gasteiger partial charge on any atom is -0.361 e. The molecule has 2 aromatic heterocycles. The molecule has 0 saturated carbocycles. The fraction of sp³-hybridized carbons (Fsp3) is 0. The molecule has 0 aliphatic rings. The van der Waals surface area contributed by atoms with Gasteiger partial charge in [0.05, 0.1) is 0 Å². The van der Waals surface area contributed by atoms with Crippen molar-refractivity contribution >= 4 is 38.1 Å². The van der Waals surface area contributed by atoms with Gasteiger partial charge < -0.3 is 4.85 Å². The Labute approximate surface area is 324 Å². The monoisotopic (exact) mass is 713 g/mol. The number of hydrogen-bond acceptors (Lipinski definition) is 4. The molecule has 0 amide bonds. The molecule has 8 aromatic carbocycles. The second-order valence-electron chi connectivity index (χ2n) is 13.7. The molecule has 260 valence electrons. The first kappa shape index (κ1) is 32.8. The van der Waals surface area contributed by atoms with E-state index in [0.29, 0.717) is 23.3 Å². The SMILES string of the molecule is [C-]#[N+]c1cccc(-c2ccc(-c3cc4c5ccccc5c(-c5cccc(-c6nc(-c7ccccc7)nc(-c7ccccc7)n6)c5)cc4c4ccccc34)cc2)n1. The third-order valence-corrected chi connectivity index (χ3v) is 10.4. The number of nitrogens with zero attached hydrogens (tertiary/aromatic N) is 5. The summed E-state index contributed by atoms with van der Waals surface area (Å²) in [4.78, 5) is 23.0. The number of pyridine rings is 1. The molecule has 5 heteroatoms. The average Bonchev–Trinajstić information content (AvgIpc) is 3.29. The van der Waals surface area contributed by atoms with E-state index in [1.54, 1.807) is 6.07 Å². The fourth-order valence-electron chi connectivity index (χ4n) is 7.66. The first-order chi connectivity index (χ1) is 27.7. The van der Waals surface area contributed by atoms with Crippen LogP contribution in [0.1, 0.15) is 0 Å². The molecule has 0 bridgehead atoms. The highest BCUT2D eigenvalue weighted by molar-refractivity contribution is 6.23. The minimum atomic E-state index is 0.394. The molecule has 5 nitrogen and oxygen atoms in total. The first-order valence-corrected chi connectivity index (χ1v) is 18.5. The maximum Gasteiger partial charge on any atom is 0.270 e. The van der Waals surface area contributed by atoms with E-state index in [-0.39, 0.29) is 0 Å². The summed E-state index contributed by atoms with van der Waals surface area (Å²) in [6.07, 6.45) is 0. The number of rotatable bonds is 6. The van der Waals surface area contributed by atoms with Crippen LogP contribution in [-0.4, -0.2) is 19.9 Å². The first-order valence-electron chi connectivity index (χ1n) is 18.5. The summed E-state index contributed by atoms with van der Waals surface area (Å²) in [5, 5.41) is 7.12. The second kappa shape index (κ2) is 13.9. The molecule has 0 spiro atoms. The molecule has 0 aliphatic heterocycles. The van der Waals surface area contributed by atoms with Crippen molar-refractivity contribution in [1.82, 2.24) is 19.9 Å². The Hall–Kier alpha value is -7.81. The van der Waals surface area contributed by atoms with Crippen LogP contribution in [0.3, 0.4) is 0 Å². The molecule has 0 saturated heterocycles. The van der Waals surface area contributed by atoms with Gasteiger partial charge in [-0.05, 0) is 84.9 Å². The van der Waals surface area contributed by atoms with E-state index in [9.17, 15) is 0 Å². The van der Waals surface area contributed by atoms with Crippen molar-refractivity contribution in [2.24, 2.45) is 0 Å². The molecule has 10 aromatic rings. The highest BCUT2D eigenvalue weighted by Gasteiger charge is 2.17. The Kier molecular flexibility index (Phi) is 8.13. The molecule has 0 N–H and O–H groups in total. The zero-order valence-electron chi connectivity index (χ0n) is 30.1. The third-order valence-electron chi connectivity index (χ3n) is 10.4. The van der Waals surface area contributed by atoms with Crippen molar-refractivity contribution in [3.05, 3.63) is 199 Å². The van der Waals surface area contributed by atoms with Crippen molar-refractivity contribution in [2.75, 3.05) is 0 Å². The van der Waals surface area contributed by atoms with Gasteiger partial charge in [0, 0.05) is 22.3 Å². The molecule has 0 aliphatic carbocycles. The van der Waals surface area contributed by atoms with Gasteiger partial charge in [0.1, 0.15) is 0 Å². The molecule has 0 fully saturated rings. The van der Waals surface area contributed by atoms with Crippen molar-refractivity contribution in [2.45, 2.75) is 0 Å². The summed E-state index contributed by atoms with van der Waals surface area (Å²) in [6, 6.07) is 64.8. The van der Waals surface area contributed by atoms with Crippen molar-refractivity contribution in [3.8, 4) is 67.7 Å². The standard InChI is InChI=1S/C51H31N5/c1-52-48-25-13-24-47(53-48)34-28-26-33(27-29-34)43-31-45-42-23-11-9-21-40(42)44(32-46(45)41-22-10-8-20-39(41)43)37-18-12-19-38(30-37)51-55-49(35-14-4-2-5-15-35)54-50(56-51)36-16-6-3-7-17-36/h2-32H. The Morgan fingerprint density at radius 1 is 0.304 bits per heavy atom. The maximum atomic E-state index is 7.38. The van der Waals surface area contributed by atoms with Crippen molar-refractivity contribution in [3.63, 3.8) is 0 Å². The lowest BCUT2D eigenvalue weighted by molar-refractivity contribution is 1.07. The summed E-state index contributed by atoms with van der Waals surface area (Å²) >= 11 is 0. The summed E-state index contributed by atoms with van der Waals surface area (Å²) in [7, 11) is 0. The van der Waals surface area contributed by atoms with E-state index >= 15 is 0 Å². The van der Waals surface area contributed by atoms with Crippen LogP contribution in [-0.2, 0) is 0 Å². The van der Waals surface area contributed by atoms with E-state index in [1.165, 1.54) is 37.9 Å². The van der Waals surface area contributed by atoms with Gasteiger partial charge in [-0.15, -0.1) is 4.98 Å². The van der Waals surface area contributed by atoms with Crippen LogP contribution in [0, 0.1) is 6.57 Å². The molecule has 0 unspecified atom stereocenters. The summed E-state index contributed by atoms with van der Waals surface area (Å²) < 4.78 is 0. The smallest absolute Gasteiger partial charge is 0.270 e. The van der Waals surface area contributed by atoms with Crippen LogP contribution in [0.5, 0.6) is 0 Å². The third kappa shape index (κ3) is 5.92. The highest BCUT2D eigenvalue weighted by atomic mass is 15.0. The van der Waals surface area contributed by atoms with Gasteiger partial charge in [-0.1, -0.05) is 164 Å². The number of hydrogen-bond donors (Lipinski definition) is 0. The Balaban J connectivity index is 1.13. The normalized spacial score (nSPS) is 11.2. The summed E-state index contributed by atoms with van der Waals surface area (Å²) in [5.74, 6) is 2.29. The second-order valence-corrected chi connectivity index (χ2v) is 13.7. The molecular weight excluding hydrogens is 683 g/mol. The van der Waals surface area contributed by atoms with Crippen LogP contribution in [0.4, 0.5) is 5.82 Å². The Bertz CT molecular complexity index is 3070. The van der Waals surface area contributed by atoms with E-state index < -0.39 is 0 Å². The van der Waals surface area contributed by atoms with Gasteiger partial charge in [-0.2, -0.15) is 0 Å². The molecule has 0 atom stereocenters. The van der Waals surface area contributed by atoms with Crippen LogP contribution in [0.25, 0.3) is 105 Å².